The highest BCUT2D eigenvalue weighted by Crippen LogP contribution is 2.29. The summed E-state index contributed by atoms with van der Waals surface area (Å²) in [4.78, 5) is 3.07. The van der Waals surface area contributed by atoms with Crippen LogP contribution in [0, 0.1) is 0 Å². The van der Waals surface area contributed by atoms with Crippen molar-refractivity contribution in [3.05, 3.63) is 48.2 Å². The van der Waals surface area contributed by atoms with Gasteiger partial charge in [-0.1, -0.05) is 18.2 Å². The Balaban J connectivity index is 2.34. The van der Waals surface area contributed by atoms with E-state index in [9.17, 15) is 5.11 Å². The molecule has 84 valence electrons. The molecule has 0 saturated carbocycles. The number of anilines is 2. The van der Waals surface area contributed by atoms with Gasteiger partial charge in [0, 0.05) is 17.4 Å². The molecule has 0 radical (unpaired) electrons. The molecule has 0 aliphatic heterocycles. The van der Waals surface area contributed by atoms with Crippen molar-refractivity contribution in [2.24, 2.45) is 0 Å². The molecule has 1 aromatic carbocycles. The van der Waals surface area contributed by atoms with E-state index in [0.717, 1.165) is 17.1 Å². The van der Waals surface area contributed by atoms with Gasteiger partial charge in [0.25, 0.3) is 0 Å². The fourth-order valence-corrected chi connectivity index (χ4v) is 1.68. The van der Waals surface area contributed by atoms with Crippen LogP contribution >= 0.6 is 0 Å². The number of benzene rings is 1. The van der Waals surface area contributed by atoms with Gasteiger partial charge in [0.2, 0.25) is 0 Å². The van der Waals surface area contributed by atoms with Crippen molar-refractivity contribution >= 4 is 11.5 Å². The highest BCUT2D eigenvalue weighted by molar-refractivity contribution is 5.61. The molecule has 2 aromatic rings. The normalized spacial score (nSPS) is 11.4. The smallest absolute Gasteiger partial charge is 0.107 e. The fourth-order valence-electron chi connectivity index (χ4n) is 1.68. The van der Waals surface area contributed by atoms with Gasteiger partial charge in [-0.05, 0) is 32.0 Å². The summed E-state index contributed by atoms with van der Waals surface area (Å²) in [6.07, 6.45) is 1.86. The SMILES string of the molecule is CC(C)(O)c1ccccc1Nc1ccc[nH]1. The Bertz CT molecular complexity index is 455. The monoisotopic (exact) mass is 216 g/mol. The van der Waals surface area contributed by atoms with Crippen LogP contribution in [0.5, 0.6) is 0 Å². The summed E-state index contributed by atoms with van der Waals surface area (Å²) in [5.74, 6) is 0.914. The van der Waals surface area contributed by atoms with Gasteiger partial charge in [0.1, 0.15) is 5.82 Å². The average molecular weight is 216 g/mol. The highest BCUT2D eigenvalue weighted by atomic mass is 16.3. The summed E-state index contributed by atoms with van der Waals surface area (Å²) < 4.78 is 0. The molecule has 3 nitrogen and oxygen atoms in total. The summed E-state index contributed by atoms with van der Waals surface area (Å²) in [6.45, 7) is 3.56. The Morgan fingerprint density at radius 3 is 2.50 bits per heavy atom. The molecule has 16 heavy (non-hydrogen) atoms. The summed E-state index contributed by atoms with van der Waals surface area (Å²) >= 11 is 0. The van der Waals surface area contributed by atoms with Gasteiger partial charge in [-0.15, -0.1) is 0 Å². The van der Waals surface area contributed by atoms with Gasteiger partial charge < -0.3 is 15.4 Å². The molecule has 1 heterocycles. The molecular formula is C13H16N2O. The van der Waals surface area contributed by atoms with Gasteiger partial charge in [-0.3, -0.25) is 0 Å². The van der Waals surface area contributed by atoms with Crippen LogP contribution in [0.1, 0.15) is 19.4 Å². The van der Waals surface area contributed by atoms with E-state index < -0.39 is 5.60 Å². The van der Waals surface area contributed by atoms with Crippen LogP contribution in [0.4, 0.5) is 11.5 Å². The van der Waals surface area contributed by atoms with Crippen LogP contribution in [0.25, 0.3) is 0 Å². The third-order valence-corrected chi connectivity index (χ3v) is 2.45. The van der Waals surface area contributed by atoms with Crippen molar-refractivity contribution in [1.82, 2.24) is 4.98 Å². The second kappa shape index (κ2) is 4.02. The van der Waals surface area contributed by atoms with Crippen LogP contribution in [-0.2, 0) is 5.60 Å². The molecule has 1 aromatic heterocycles. The molecule has 0 aliphatic carbocycles. The fraction of sp³-hybridized carbons (Fsp3) is 0.231. The van der Waals surface area contributed by atoms with Crippen molar-refractivity contribution in [2.75, 3.05) is 5.32 Å². The molecule has 2 rings (SSSR count). The number of hydrogen-bond donors (Lipinski definition) is 3. The predicted molar refractivity (Wildman–Crippen MR) is 65.8 cm³/mol. The standard InChI is InChI=1S/C13H16N2O/c1-13(2,16)10-6-3-4-7-11(10)15-12-8-5-9-14-12/h3-9,14-16H,1-2H3. The number of para-hydroxylation sites is 1. The van der Waals surface area contributed by atoms with Crippen LogP contribution in [0.3, 0.4) is 0 Å². The highest BCUT2D eigenvalue weighted by Gasteiger charge is 2.19. The lowest BCUT2D eigenvalue weighted by Gasteiger charge is -2.21. The van der Waals surface area contributed by atoms with Gasteiger partial charge in [0.15, 0.2) is 0 Å². The third kappa shape index (κ3) is 2.25. The van der Waals surface area contributed by atoms with E-state index in [1.165, 1.54) is 0 Å². The number of aromatic amines is 1. The quantitative estimate of drug-likeness (QED) is 0.738. The van der Waals surface area contributed by atoms with Crippen molar-refractivity contribution < 1.29 is 5.11 Å². The first-order valence-corrected chi connectivity index (χ1v) is 5.29. The zero-order chi connectivity index (χ0) is 11.6. The molecule has 0 atom stereocenters. The maximum absolute atomic E-state index is 10.0. The van der Waals surface area contributed by atoms with Crippen molar-refractivity contribution in [3.8, 4) is 0 Å². The molecule has 0 bridgehead atoms. The lowest BCUT2D eigenvalue weighted by Crippen LogP contribution is -2.17. The molecule has 0 saturated heterocycles. The largest absolute Gasteiger partial charge is 0.386 e. The Hall–Kier alpha value is -1.74. The minimum absolute atomic E-state index is 0.851. The number of rotatable bonds is 3. The minimum Gasteiger partial charge on any atom is -0.386 e. The minimum atomic E-state index is -0.851. The van der Waals surface area contributed by atoms with Gasteiger partial charge >= 0.3 is 0 Å². The van der Waals surface area contributed by atoms with Crippen LogP contribution < -0.4 is 5.32 Å². The first-order chi connectivity index (χ1) is 7.57. The number of H-pyrrole nitrogens is 1. The lowest BCUT2D eigenvalue weighted by atomic mass is 9.96. The zero-order valence-corrected chi connectivity index (χ0v) is 9.49. The van der Waals surface area contributed by atoms with Gasteiger partial charge in [-0.25, -0.2) is 0 Å². The van der Waals surface area contributed by atoms with E-state index >= 15 is 0 Å². The zero-order valence-electron chi connectivity index (χ0n) is 9.49. The van der Waals surface area contributed by atoms with Gasteiger partial charge in [0.05, 0.1) is 5.60 Å². The number of nitrogens with one attached hydrogen (secondary N) is 2. The third-order valence-electron chi connectivity index (χ3n) is 2.45. The average Bonchev–Trinajstić information content (AvgIpc) is 2.70. The molecule has 3 heteroatoms. The number of aliphatic hydroxyl groups is 1. The summed E-state index contributed by atoms with van der Waals surface area (Å²) in [5, 5.41) is 13.3. The molecule has 0 fully saturated rings. The summed E-state index contributed by atoms with van der Waals surface area (Å²) in [6, 6.07) is 11.6. The molecule has 3 N–H and O–H groups in total. The van der Waals surface area contributed by atoms with Crippen LogP contribution in [0.15, 0.2) is 42.6 Å². The molecule has 0 aliphatic rings. The van der Waals surface area contributed by atoms with E-state index in [-0.39, 0.29) is 0 Å². The van der Waals surface area contributed by atoms with E-state index in [4.69, 9.17) is 0 Å². The Morgan fingerprint density at radius 1 is 1.12 bits per heavy atom. The maximum Gasteiger partial charge on any atom is 0.107 e. The van der Waals surface area contributed by atoms with Crippen molar-refractivity contribution in [1.29, 1.82) is 0 Å². The second-order valence-electron chi connectivity index (χ2n) is 4.31. The molecule has 0 amide bonds. The maximum atomic E-state index is 10.0. The number of hydrogen-bond acceptors (Lipinski definition) is 2. The van der Waals surface area contributed by atoms with E-state index in [1.54, 1.807) is 13.8 Å². The Morgan fingerprint density at radius 2 is 1.88 bits per heavy atom. The topological polar surface area (TPSA) is 48.0 Å². The Kier molecular flexibility index (Phi) is 2.71. The second-order valence-corrected chi connectivity index (χ2v) is 4.31. The Labute approximate surface area is 95.1 Å². The molecular weight excluding hydrogens is 200 g/mol. The van der Waals surface area contributed by atoms with Crippen molar-refractivity contribution in [3.63, 3.8) is 0 Å². The van der Waals surface area contributed by atoms with Gasteiger partial charge in [-0.2, -0.15) is 0 Å². The molecule has 0 spiro atoms. The van der Waals surface area contributed by atoms with Crippen LogP contribution in [0.2, 0.25) is 0 Å². The predicted octanol–water partition coefficient (Wildman–Crippen LogP) is 2.99. The first kappa shape index (κ1) is 10.8. The van der Waals surface area contributed by atoms with E-state index in [2.05, 4.69) is 10.3 Å². The van der Waals surface area contributed by atoms with Crippen molar-refractivity contribution in [2.45, 2.75) is 19.4 Å². The summed E-state index contributed by atoms with van der Waals surface area (Å²) in [7, 11) is 0. The molecule has 0 unspecified atom stereocenters. The lowest BCUT2D eigenvalue weighted by molar-refractivity contribution is 0.0794. The number of aromatic nitrogens is 1. The van der Waals surface area contributed by atoms with Crippen LogP contribution in [-0.4, -0.2) is 10.1 Å². The first-order valence-electron chi connectivity index (χ1n) is 5.29. The van der Waals surface area contributed by atoms with E-state index in [1.807, 2.05) is 42.6 Å². The van der Waals surface area contributed by atoms with E-state index in [0.29, 0.717) is 0 Å². The summed E-state index contributed by atoms with van der Waals surface area (Å²) in [5.41, 5.74) is 0.943.